The molecule has 0 fully saturated rings. The first-order valence-electron chi connectivity index (χ1n) is 4.50. The molecule has 84 valence electrons. The Morgan fingerprint density at radius 1 is 1.44 bits per heavy atom. The SMILES string of the molecule is COc1ccc2oc(=O)n(OC(C)=O)c2c1. The fraction of sp³-hybridized carbons (Fsp3) is 0.200. The van der Waals surface area contributed by atoms with Gasteiger partial charge in [-0.1, -0.05) is 4.73 Å². The van der Waals surface area contributed by atoms with Gasteiger partial charge in [0.25, 0.3) is 0 Å². The average Bonchev–Trinajstić information content (AvgIpc) is 2.54. The van der Waals surface area contributed by atoms with Gasteiger partial charge in [0, 0.05) is 13.0 Å². The maximum absolute atomic E-state index is 11.4. The summed E-state index contributed by atoms with van der Waals surface area (Å²) in [6.07, 6.45) is 0. The number of rotatable bonds is 2. The molecule has 0 radical (unpaired) electrons. The van der Waals surface area contributed by atoms with Gasteiger partial charge in [0.05, 0.1) is 7.11 Å². The van der Waals surface area contributed by atoms with Crippen LogP contribution in [0.3, 0.4) is 0 Å². The molecular formula is C10H9NO5. The average molecular weight is 223 g/mol. The van der Waals surface area contributed by atoms with Crippen LogP contribution in [0.25, 0.3) is 11.1 Å². The number of hydrogen-bond donors (Lipinski definition) is 0. The topological polar surface area (TPSA) is 70.7 Å². The first kappa shape index (κ1) is 10.3. The van der Waals surface area contributed by atoms with Crippen LogP contribution in [-0.2, 0) is 4.79 Å². The molecule has 0 spiro atoms. The van der Waals surface area contributed by atoms with E-state index in [1.807, 2.05) is 0 Å². The molecule has 16 heavy (non-hydrogen) atoms. The van der Waals surface area contributed by atoms with Gasteiger partial charge in [0.2, 0.25) is 0 Å². The fourth-order valence-electron chi connectivity index (χ4n) is 1.32. The Hall–Kier alpha value is -2.24. The third kappa shape index (κ3) is 1.65. The molecule has 0 aliphatic heterocycles. The number of ether oxygens (including phenoxy) is 1. The highest BCUT2D eigenvalue weighted by Crippen LogP contribution is 2.19. The smallest absolute Gasteiger partial charge is 0.453 e. The van der Waals surface area contributed by atoms with Crippen LogP contribution in [-0.4, -0.2) is 17.8 Å². The predicted molar refractivity (Wildman–Crippen MR) is 54.3 cm³/mol. The second-order valence-electron chi connectivity index (χ2n) is 3.08. The lowest BCUT2D eigenvalue weighted by Crippen LogP contribution is -2.25. The Balaban J connectivity index is 2.65. The van der Waals surface area contributed by atoms with Crippen molar-refractivity contribution in [3.8, 4) is 5.75 Å². The Labute approximate surface area is 89.9 Å². The van der Waals surface area contributed by atoms with Gasteiger partial charge in [-0.2, -0.15) is 0 Å². The highest BCUT2D eigenvalue weighted by Gasteiger charge is 2.12. The van der Waals surface area contributed by atoms with Gasteiger partial charge in [0.15, 0.2) is 5.58 Å². The van der Waals surface area contributed by atoms with E-state index in [1.165, 1.54) is 14.0 Å². The summed E-state index contributed by atoms with van der Waals surface area (Å²) in [4.78, 5) is 26.9. The van der Waals surface area contributed by atoms with Crippen molar-refractivity contribution >= 4 is 17.1 Å². The van der Waals surface area contributed by atoms with Crippen molar-refractivity contribution in [2.24, 2.45) is 0 Å². The molecule has 2 aromatic rings. The Morgan fingerprint density at radius 3 is 2.81 bits per heavy atom. The van der Waals surface area contributed by atoms with Crippen molar-refractivity contribution in [3.05, 3.63) is 28.7 Å². The van der Waals surface area contributed by atoms with Crippen molar-refractivity contribution in [3.63, 3.8) is 0 Å². The van der Waals surface area contributed by atoms with Crippen LogP contribution in [0.2, 0.25) is 0 Å². The second-order valence-corrected chi connectivity index (χ2v) is 3.08. The molecule has 6 nitrogen and oxygen atoms in total. The van der Waals surface area contributed by atoms with E-state index in [2.05, 4.69) is 0 Å². The van der Waals surface area contributed by atoms with E-state index in [9.17, 15) is 9.59 Å². The van der Waals surface area contributed by atoms with E-state index in [1.54, 1.807) is 18.2 Å². The van der Waals surface area contributed by atoms with Gasteiger partial charge in [-0.3, -0.25) is 0 Å². The monoisotopic (exact) mass is 223 g/mol. The number of methoxy groups -OCH3 is 1. The summed E-state index contributed by atoms with van der Waals surface area (Å²) in [5.41, 5.74) is 0.673. The summed E-state index contributed by atoms with van der Waals surface area (Å²) in [6.45, 7) is 1.20. The second kappa shape index (κ2) is 3.73. The highest BCUT2D eigenvalue weighted by atomic mass is 16.7. The van der Waals surface area contributed by atoms with Crippen LogP contribution in [0.4, 0.5) is 0 Å². The number of aromatic nitrogens is 1. The number of hydrogen-bond acceptors (Lipinski definition) is 5. The number of carbonyl (C=O) groups excluding carboxylic acids is 1. The van der Waals surface area contributed by atoms with Gasteiger partial charge in [0.1, 0.15) is 11.3 Å². The zero-order valence-electron chi connectivity index (χ0n) is 8.72. The molecule has 0 aliphatic rings. The molecule has 6 heteroatoms. The summed E-state index contributed by atoms with van der Waals surface area (Å²) in [5.74, 6) is -0.819. The lowest BCUT2D eigenvalue weighted by molar-refractivity contribution is -0.141. The number of benzene rings is 1. The predicted octanol–water partition coefficient (Wildman–Crippen LogP) is 0.578. The van der Waals surface area contributed by atoms with E-state index in [4.69, 9.17) is 14.0 Å². The van der Waals surface area contributed by atoms with E-state index in [0.717, 1.165) is 4.73 Å². The molecular weight excluding hydrogens is 214 g/mol. The first-order chi connectivity index (χ1) is 7.61. The standard InChI is InChI=1S/C10H9NO5/c1-6(12)16-11-8-5-7(14-2)3-4-9(8)15-10(11)13/h3-5H,1-2H3. The molecule has 0 N–H and O–H groups in total. The Morgan fingerprint density at radius 2 is 2.19 bits per heavy atom. The van der Waals surface area contributed by atoms with E-state index in [0.29, 0.717) is 16.8 Å². The molecule has 0 unspecified atom stereocenters. The van der Waals surface area contributed by atoms with Gasteiger partial charge >= 0.3 is 11.7 Å². The molecule has 0 aliphatic carbocycles. The molecule has 1 aromatic carbocycles. The summed E-state index contributed by atoms with van der Waals surface area (Å²) in [5, 5.41) is 0. The minimum atomic E-state index is -0.751. The number of carbonyl (C=O) groups is 1. The van der Waals surface area contributed by atoms with Crippen LogP contribution in [0, 0.1) is 0 Å². The number of nitrogens with zero attached hydrogens (tertiary/aromatic N) is 1. The minimum Gasteiger partial charge on any atom is -0.497 e. The van der Waals surface area contributed by atoms with Gasteiger partial charge in [-0.05, 0) is 12.1 Å². The summed E-state index contributed by atoms with van der Waals surface area (Å²) in [6, 6.07) is 4.75. The van der Waals surface area contributed by atoms with Crippen LogP contribution >= 0.6 is 0 Å². The van der Waals surface area contributed by atoms with Crippen molar-refractivity contribution in [2.75, 3.05) is 7.11 Å². The molecule has 0 atom stereocenters. The largest absolute Gasteiger partial charge is 0.497 e. The zero-order chi connectivity index (χ0) is 11.7. The van der Waals surface area contributed by atoms with Crippen LogP contribution in [0.5, 0.6) is 5.75 Å². The molecule has 0 bridgehead atoms. The van der Waals surface area contributed by atoms with Crippen molar-refractivity contribution in [2.45, 2.75) is 6.92 Å². The summed E-state index contributed by atoms with van der Waals surface area (Å²) < 4.78 is 10.7. The zero-order valence-corrected chi connectivity index (χ0v) is 8.72. The normalized spacial score (nSPS) is 10.4. The van der Waals surface area contributed by atoms with E-state index in [-0.39, 0.29) is 0 Å². The lowest BCUT2D eigenvalue weighted by Gasteiger charge is -2.01. The minimum absolute atomic E-state index is 0.326. The molecule has 0 amide bonds. The van der Waals surface area contributed by atoms with Crippen molar-refractivity contribution < 1.29 is 18.8 Å². The van der Waals surface area contributed by atoms with E-state index < -0.39 is 11.7 Å². The van der Waals surface area contributed by atoms with Gasteiger partial charge < -0.3 is 14.0 Å². The van der Waals surface area contributed by atoms with Crippen LogP contribution in [0.15, 0.2) is 27.4 Å². The quantitative estimate of drug-likeness (QED) is 0.744. The maximum atomic E-state index is 11.4. The third-order valence-corrected chi connectivity index (χ3v) is 1.97. The Kier molecular flexibility index (Phi) is 2.40. The van der Waals surface area contributed by atoms with Crippen LogP contribution in [0.1, 0.15) is 6.92 Å². The molecule has 2 rings (SSSR count). The molecule has 1 heterocycles. The number of fused-ring (bicyclic) bond motifs is 1. The number of oxazole rings is 1. The van der Waals surface area contributed by atoms with Crippen molar-refractivity contribution in [1.82, 2.24) is 4.73 Å². The van der Waals surface area contributed by atoms with Gasteiger partial charge in [-0.25, -0.2) is 9.59 Å². The van der Waals surface area contributed by atoms with Gasteiger partial charge in [-0.15, -0.1) is 0 Å². The van der Waals surface area contributed by atoms with E-state index >= 15 is 0 Å². The van der Waals surface area contributed by atoms with Crippen molar-refractivity contribution in [1.29, 1.82) is 0 Å². The fourth-order valence-corrected chi connectivity index (χ4v) is 1.32. The summed E-state index contributed by atoms with van der Waals surface area (Å²) in [7, 11) is 1.50. The maximum Gasteiger partial charge on any atom is 0.453 e. The summed E-state index contributed by atoms with van der Waals surface area (Å²) >= 11 is 0. The lowest BCUT2D eigenvalue weighted by atomic mass is 10.3. The molecule has 1 aromatic heterocycles. The first-order valence-corrected chi connectivity index (χ1v) is 4.50. The third-order valence-electron chi connectivity index (χ3n) is 1.97. The highest BCUT2D eigenvalue weighted by molar-refractivity contribution is 5.75. The molecule has 0 saturated carbocycles. The Bertz CT molecular complexity index is 595. The van der Waals surface area contributed by atoms with Crippen LogP contribution < -0.4 is 15.3 Å². The molecule has 0 saturated heterocycles.